The van der Waals surface area contributed by atoms with Crippen molar-refractivity contribution < 1.29 is 28.1 Å². The van der Waals surface area contributed by atoms with Crippen LogP contribution in [0.5, 0.6) is 23.0 Å². The Labute approximate surface area is 143 Å². The summed E-state index contributed by atoms with van der Waals surface area (Å²) in [7, 11) is 4.41. The summed E-state index contributed by atoms with van der Waals surface area (Å²) in [4.78, 5) is 4.17. The molecular weight excluding hydrogens is 329 g/mol. The van der Waals surface area contributed by atoms with Crippen LogP contribution in [0.1, 0.15) is 0 Å². The van der Waals surface area contributed by atoms with Crippen LogP contribution in [-0.2, 0) is 0 Å². The Morgan fingerprint density at radius 1 is 1.00 bits per heavy atom. The van der Waals surface area contributed by atoms with E-state index in [9.17, 15) is 9.50 Å². The number of phenols is 1. The summed E-state index contributed by atoms with van der Waals surface area (Å²) in [6.07, 6.45) is 1.21. The molecule has 0 saturated heterocycles. The molecule has 0 amide bonds. The smallest absolute Gasteiger partial charge is 0.195 e. The topological polar surface area (TPSA) is 74.0 Å². The minimum atomic E-state index is -0.854. The van der Waals surface area contributed by atoms with Crippen molar-refractivity contribution in [3.63, 3.8) is 0 Å². The van der Waals surface area contributed by atoms with E-state index >= 15 is 0 Å². The first-order valence-corrected chi connectivity index (χ1v) is 7.31. The Morgan fingerprint density at radius 3 is 2.28 bits per heavy atom. The molecule has 0 aliphatic rings. The van der Waals surface area contributed by atoms with E-state index in [2.05, 4.69) is 4.98 Å². The number of aromatic hydroxyl groups is 1. The summed E-state index contributed by atoms with van der Waals surface area (Å²) in [5.74, 6) is -0.128. The molecule has 3 aromatic rings. The van der Waals surface area contributed by atoms with Gasteiger partial charge in [-0.3, -0.25) is 0 Å². The molecule has 0 aliphatic heterocycles. The van der Waals surface area contributed by atoms with Gasteiger partial charge in [-0.05, 0) is 24.3 Å². The van der Waals surface area contributed by atoms with Gasteiger partial charge in [-0.15, -0.1) is 0 Å². The van der Waals surface area contributed by atoms with Crippen molar-refractivity contribution >= 4 is 0 Å². The molecule has 0 bridgehead atoms. The van der Waals surface area contributed by atoms with E-state index in [-0.39, 0.29) is 17.1 Å². The van der Waals surface area contributed by atoms with E-state index < -0.39 is 11.6 Å². The number of oxazole rings is 1. The molecule has 1 aromatic heterocycles. The van der Waals surface area contributed by atoms with Gasteiger partial charge in [-0.2, -0.15) is 0 Å². The summed E-state index contributed by atoms with van der Waals surface area (Å²) < 4.78 is 35.3. The second kappa shape index (κ2) is 6.72. The Bertz CT molecular complexity index is 884. The molecule has 2 aromatic carbocycles. The zero-order valence-corrected chi connectivity index (χ0v) is 13.9. The Balaban J connectivity index is 2.15. The molecule has 25 heavy (non-hydrogen) atoms. The fraction of sp³-hybridized carbons (Fsp3) is 0.167. The van der Waals surface area contributed by atoms with Crippen LogP contribution in [0, 0.1) is 5.82 Å². The zero-order chi connectivity index (χ0) is 18.0. The van der Waals surface area contributed by atoms with Gasteiger partial charge in [0.2, 0.25) is 0 Å². The van der Waals surface area contributed by atoms with Crippen molar-refractivity contribution in [1.29, 1.82) is 0 Å². The Hall–Kier alpha value is -3.22. The Morgan fingerprint density at radius 2 is 1.68 bits per heavy atom. The van der Waals surface area contributed by atoms with Gasteiger partial charge in [0.15, 0.2) is 29.5 Å². The average Bonchev–Trinajstić information content (AvgIpc) is 3.13. The molecule has 0 unspecified atom stereocenters. The lowest BCUT2D eigenvalue weighted by Crippen LogP contribution is -1.92. The van der Waals surface area contributed by atoms with Gasteiger partial charge in [0, 0.05) is 11.6 Å². The summed E-state index contributed by atoms with van der Waals surface area (Å²) in [6, 6.07) is 8.07. The largest absolute Gasteiger partial charge is 0.502 e. The molecule has 3 rings (SSSR count). The number of halogens is 1. The van der Waals surface area contributed by atoms with Crippen LogP contribution in [0.25, 0.3) is 22.6 Å². The third-order valence-electron chi connectivity index (χ3n) is 3.74. The molecule has 0 radical (unpaired) electrons. The molecule has 130 valence electrons. The molecule has 1 N–H and O–H groups in total. The number of ether oxygens (including phenoxy) is 3. The van der Waals surface area contributed by atoms with Crippen molar-refractivity contribution in [2.75, 3.05) is 21.3 Å². The van der Waals surface area contributed by atoms with Gasteiger partial charge in [0.1, 0.15) is 17.2 Å². The van der Waals surface area contributed by atoms with Gasteiger partial charge in [0.25, 0.3) is 0 Å². The maximum atomic E-state index is 14.5. The second-order valence-corrected chi connectivity index (χ2v) is 5.11. The maximum absolute atomic E-state index is 14.5. The van der Waals surface area contributed by atoms with E-state index in [1.165, 1.54) is 39.9 Å². The first kappa shape index (κ1) is 16.6. The van der Waals surface area contributed by atoms with E-state index in [1.807, 2.05) is 0 Å². The highest BCUT2D eigenvalue weighted by molar-refractivity contribution is 5.79. The third-order valence-corrected chi connectivity index (χ3v) is 3.74. The van der Waals surface area contributed by atoms with E-state index in [0.29, 0.717) is 22.8 Å². The van der Waals surface area contributed by atoms with Crippen molar-refractivity contribution in [3.05, 3.63) is 42.5 Å². The predicted molar refractivity (Wildman–Crippen MR) is 88.7 cm³/mol. The maximum Gasteiger partial charge on any atom is 0.195 e. The standard InChI is InChI=1S/C18H16FNO5/c1-22-11-6-10(7-12(8-11)23-2)16-18(25-9-20-16)13-4-5-14(24-3)17(21)15(13)19/h4-9,21H,1-3H3. The van der Waals surface area contributed by atoms with Crippen molar-refractivity contribution in [2.45, 2.75) is 0 Å². The fourth-order valence-electron chi connectivity index (χ4n) is 2.47. The molecule has 0 atom stereocenters. The molecule has 0 spiro atoms. The SMILES string of the molecule is COc1cc(OC)cc(-c2ncoc2-c2ccc(OC)c(O)c2F)c1. The van der Waals surface area contributed by atoms with Crippen LogP contribution < -0.4 is 14.2 Å². The first-order valence-electron chi connectivity index (χ1n) is 7.31. The Kier molecular flexibility index (Phi) is 4.47. The van der Waals surface area contributed by atoms with Crippen molar-refractivity contribution in [3.8, 4) is 45.6 Å². The average molecular weight is 345 g/mol. The lowest BCUT2D eigenvalue weighted by atomic mass is 10.0. The summed E-state index contributed by atoms with van der Waals surface area (Å²) >= 11 is 0. The normalized spacial score (nSPS) is 10.6. The van der Waals surface area contributed by atoms with Crippen LogP contribution in [0.3, 0.4) is 0 Å². The number of aromatic nitrogens is 1. The summed E-state index contributed by atoms with van der Waals surface area (Å²) in [5.41, 5.74) is 1.07. The van der Waals surface area contributed by atoms with Gasteiger partial charge >= 0.3 is 0 Å². The molecular formula is C18H16FNO5. The van der Waals surface area contributed by atoms with E-state index in [4.69, 9.17) is 18.6 Å². The molecule has 0 fully saturated rings. The molecule has 0 saturated carbocycles. The third kappa shape index (κ3) is 2.96. The lowest BCUT2D eigenvalue weighted by Gasteiger charge is -2.10. The van der Waals surface area contributed by atoms with Gasteiger partial charge < -0.3 is 23.7 Å². The van der Waals surface area contributed by atoms with Crippen LogP contribution in [-0.4, -0.2) is 31.4 Å². The minimum absolute atomic E-state index is 0.0327. The molecule has 7 heteroatoms. The number of nitrogens with zero attached hydrogens (tertiary/aromatic N) is 1. The van der Waals surface area contributed by atoms with Crippen LogP contribution in [0.15, 0.2) is 41.1 Å². The number of hydrogen-bond acceptors (Lipinski definition) is 6. The zero-order valence-electron chi connectivity index (χ0n) is 13.9. The predicted octanol–water partition coefficient (Wildman–Crippen LogP) is 3.88. The number of phenolic OH excluding ortho intramolecular Hbond substituents is 1. The number of hydrogen-bond donors (Lipinski definition) is 1. The number of benzene rings is 2. The quantitative estimate of drug-likeness (QED) is 0.756. The highest BCUT2D eigenvalue weighted by Crippen LogP contribution is 2.40. The van der Waals surface area contributed by atoms with Crippen molar-refractivity contribution in [2.24, 2.45) is 0 Å². The highest BCUT2D eigenvalue weighted by atomic mass is 19.1. The second-order valence-electron chi connectivity index (χ2n) is 5.11. The molecule has 0 aliphatic carbocycles. The highest BCUT2D eigenvalue weighted by Gasteiger charge is 2.21. The summed E-state index contributed by atoms with van der Waals surface area (Å²) in [6.45, 7) is 0. The van der Waals surface area contributed by atoms with Crippen molar-refractivity contribution in [1.82, 2.24) is 4.98 Å². The van der Waals surface area contributed by atoms with Gasteiger partial charge in [0.05, 0.1) is 26.9 Å². The molecule has 6 nitrogen and oxygen atoms in total. The van der Waals surface area contributed by atoms with Gasteiger partial charge in [-0.25, -0.2) is 9.37 Å². The van der Waals surface area contributed by atoms with Crippen LogP contribution in [0.4, 0.5) is 4.39 Å². The van der Waals surface area contributed by atoms with Crippen LogP contribution in [0.2, 0.25) is 0 Å². The fourth-order valence-corrected chi connectivity index (χ4v) is 2.47. The molecule has 1 heterocycles. The number of rotatable bonds is 5. The minimum Gasteiger partial charge on any atom is -0.502 e. The monoisotopic (exact) mass is 345 g/mol. The van der Waals surface area contributed by atoms with Gasteiger partial charge in [-0.1, -0.05) is 0 Å². The van der Waals surface area contributed by atoms with E-state index in [0.717, 1.165) is 0 Å². The summed E-state index contributed by atoms with van der Waals surface area (Å²) in [5, 5.41) is 9.90. The first-order chi connectivity index (χ1) is 12.1. The lowest BCUT2D eigenvalue weighted by molar-refractivity contribution is 0.357. The number of methoxy groups -OCH3 is 3. The van der Waals surface area contributed by atoms with Crippen LogP contribution >= 0.6 is 0 Å². The van der Waals surface area contributed by atoms with E-state index in [1.54, 1.807) is 18.2 Å².